The molecule has 4 rings (SSSR count). The summed E-state index contributed by atoms with van der Waals surface area (Å²) in [5.41, 5.74) is 3.32. The average molecular weight is 441 g/mol. The summed E-state index contributed by atoms with van der Waals surface area (Å²) in [4.78, 5) is 12.3. The molecule has 0 atom stereocenters. The number of halogens is 2. The molecule has 0 radical (unpaired) electrons. The van der Waals surface area contributed by atoms with Crippen LogP contribution in [-0.4, -0.2) is 15.6 Å². The van der Waals surface area contributed by atoms with E-state index in [0.717, 1.165) is 28.0 Å². The number of aryl methyl sites for hydroxylation is 2. The van der Waals surface area contributed by atoms with Crippen LogP contribution in [0, 0.1) is 19.7 Å². The van der Waals surface area contributed by atoms with Crippen molar-refractivity contribution in [1.29, 1.82) is 0 Å². The quantitative estimate of drug-likeness (QED) is 0.388. The molecule has 4 aromatic rings. The Labute approximate surface area is 184 Å². The van der Waals surface area contributed by atoms with E-state index in [9.17, 15) is 14.3 Å². The average Bonchev–Trinajstić information content (AvgIpc) is 3.25. The van der Waals surface area contributed by atoms with E-state index in [1.54, 1.807) is 10.6 Å². The first kappa shape index (κ1) is 21.2. The number of carboxylic acid groups (broad SMARTS) is 1. The van der Waals surface area contributed by atoms with Crippen LogP contribution in [0.25, 0.3) is 10.9 Å². The Morgan fingerprint density at radius 2 is 1.94 bits per heavy atom. The van der Waals surface area contributed by atoms with Crippen molar-refractivity contribution in [2.75, 3.05) is 0 Å². The minimum atomic E-state index is -1.03. The van der Waals surface area contributed by atoms with Crippen LogP contribution >= 0.6 is 11.6 Å². The summed E-state index contributed by atoms with van der Waals surface area (Å²) in [6.45, 7) is 4.89. The second-order valence-corrected chi connectivity index (χ2v) is 8.00. The van der Waals surface area contributed by atoms with E-state index in [2.05, 4.69) is 5.32 Å². The molecule has 5 nitrogen and oxygen atoms in total. The number of rotatable bonds is 7. The molecule has 0 unspecified atom stereocenters. The van der Waals surface area contributed by atoms with Crippen LogP contribution in [0.3, 0.4) is 0 Å². The summed E-state index contributed by atoms with van der Waals surface area (Å²) < 4.78 is 20.8. The van der Waals surface area contributed by atoms with Gasteiger partial charge < -0.3 is 19.4 Å². The number of furan rings is 1. The Bertz CT molecular complexity index is 1280. The molecule has 0 aliphatic carbocycles. The predicted molar refractivity (Wildman–Crippen MR) is 118 cm³/mol. The first-order valence-corrected chi connectivity index (χ1v) is 10.3. The van der Waals surface area contributed by atoms with Gasteiger partial charge in [-0.3, -0.25) is 0 Å². The first-order chi connectivity index (χ1) is 14.8. The number of benzene rings is 2. The third kappa shape index (κ3) is 4.36. The summed E-state index contributed by atoms with van der Waals surface area (Å²) in [5.74, 6) is 0.148. The second-order valence-electron chi connectivity index (χ2n) is 7.59. The van der Waals surface area contributed by atoms with Gasteiger partial charge in [-0.15, -0.1) is 0 Å². The van der Waals surface area contributed by atoms with Crippen LogP contribution in [-0.2, 0) is 19.6 Å². The molecule has 0 bridgehead atoms. The van der Waals surface area contributed by atoms with Crippen LogP contribution in [0.5, 0.6) is 0 Å². The minimum absolute atomic E-state index is 0.184. The zero-order valence-corrected chi connectivity index (χ0v) is 18.0. The molecular weight excluding hydrogens is 419 g/mol. The Balaban J connectivity index is 1.76. The van der Waals surface area contributed by atoms with Gasteiger partial charge in [-0.2, -0.15) is 0 Å². The molecular formula is C24H22ClFN2O3. The molecule has 160 valence electrons. The molecule has 0 aliphatic rings. The topological polar surface area (TPSA) is 67.4 Å². The third-order valence-electron chi connectivity index (χ3n) is 5.27. The largest absolute Gasteiger partial charge is 0.477 e. The number of fused-ring (bicyclic) bond motifs is 1. The minimum Gasteiger partial charge on any atom is -0.477 e. The number of nitrogens with zero attached hydrogens (tertiary/aromatic N) is 1. The van der Waals surface area contributed by atoms with Crippen molar-refractivity contribution in [3.05, 3.63) is 93.3 Å². The molecule has 2 heterocycles. The molecule has 7 heteroatoms. The van der Waals surface area contributed by atoms with Gasteiger partial charge in [0.25, 0.3) is 0 Å². The van der Waals surface area contributed by atoms with Gasteiger partial charge in [0.05, 0.1) is 6.54 Å². The second kappa shape index (κ2) is 8.57. The zero-order chi connectivity index (χ0) is 22.1. The van der Waals surface area contributed by atoms with Crippen molar-refractivity contribution >= 4 is 28.5 Å². The SMILES string of the molecule is Cc1ccc2c(CNCc3ccc(C)o3)c(C(=O)O)n(Cc3ccc(F)cc3Cl)c2c1. The number of hydrogen-bond acceptors (Lipinski definition) is 3. The lowest BCUT2D eigenvalue weighted by atomic mass is 10.1. The molecule has 2 aromatic heterocycles. The molecule has 0 fully saturated rings. The number of nitrogens with one attached hydrogen (secondary N) is 1. The highest BCUT2D eigenvalue weighted by Gasteiger charge is 2.23. The fourth-order valence-electron chi connectivity index (χ4n) is 3.83. The lowest BCUT2D eigenvalue weighted by Crippen LogP contribution is -2.17. The Morgan fingerprint density at radius 1 is 1.13 bits per heavy atom. The lowest BCUT2D eigenvalue weighted by molar-refractivity contribution is 0.0684. The van der Waals surface area contributed by atoms with Crippen LogP contribution in [0.15, 0.2) is 52.9 Å². The van der Waals surface area contributed by atoms with Crippen molar-refractivity contribution in [3.63, 3.8) is 0 Å². The molecule has 0 aliphatic heterocycles. The van der Waals surface area contributed by atoms with E-state index < -0.39 is 11.8 Å². The van der Waals surface area contributed by atoms with Crippen LogP contribution < -0.4 is 5.32 Å². The monoisotopic (exact) mass is 440 g/mol. The number of aromatic carboxylic acids is 1. The third-order valence-corrected chi connectivity index (χ3v) is 5.62. The van der Waals surface area contributed by atoms with Gasteiger partial charge in [-0.25, -0.2) is 9.18 Å². The Kier molecular flexibility index (Phi) is 5.85. The van der Waals surface area contributed by atoms with Gasteiger partial charge in [-0.05, 0) is 55.3 Å². The van der Waals surface area contributed by atoms with Crippen molar-refractivity contribution < 1.29 is 18.7 Å². The fraction of sp³-hybridized carbons (Fsp3) is 0.208. The van der Waals surface area contributed by atoms with Crippen molar-refractivity contribution in [3.8, 4) is 0 Å². The molecule has 0 spiro atoms. The smallest absolute Gasteiger partial charge is 0.352 e. The molecule has 0 saturated heterocycles. The van der Waals surface area contributed by atoms with E-state index in [4.69, 9.17) is 16.0 Å². The van der Waals surface area contributed by atoms with E-state index in [0.29, 0.717) is 24.2 Å². The number of hydrogen-bond donors (Lipinski definition) is 2. The van der Waals surface area contributed by atoms with Crippen molar-refractivity contribution in [1.82, 2.24) is 9.88 Å². The summed E-state index contributed by atoms with van der Waals surface area (Å²) in [6, 6.07) is 13.8. The number of carbonyl (C=O) groups is 1. The van der Waals surface area contributed by atoms with E-state index in [1.165, 1.54) is 12.1 Å². The molecule has 0 saturated carbocycles. The van der Waals surface area contributed by atoms with Gasteiger partial charge in [0.1, 0.15) is 23.0 Å². The van der Waals surface area contributed by atoms with E-state index in [-0.39, 0.29) is 17.3 Å². The maximum Gasteiger partial charge on any atom is 0.352 e. The number of aromatic nitrogens is 1. The van der Waals surface area contributed by atoms with Crippen LogP contribution in [0.2, 0.25) is 5.02 Å². The normalized spacial score (nSPS) is 11.4. The van der Waals surface area contributed by atoms with Crippen LogP contribution in [0.1, 0.15) is 38.7 Å². The highest BCUT2D eigenvalue weighted by Crippen LogP contribution is 2.30. The van der Waals surface area contributed by atoms with Gasteiger partial charge in [0.15, 0.2) is 0 Å². The molecule has 2 aromatic carbocycles. The number of carboxylic acids is 1. The predicted octanol–water partition coefficient (Wildman–Crippen LogP) is 5.68. The zero-order valence-electron chi connectivity index (χ0n) is 17.2. The van der Waals surface area contributed by atoms with Gasteiger partial charge >= 0.3 is 5.97 Å². The summed E-state index contributed by atoms with van der Waals surface area (Å²) in [5, 5.41) is 14.5. The highest BCUT2D eigenvalue weighted by molar-refractivity contribution is 6.31. The molecule has 31 heavy (non-hydrogen) atoms. The van der Waals surface area contributed by atoms with Crippen molar-refractivity contribution in [2.24, 2.45) is 0 Å². The van der Waals surface area contributed by atoms with E-state index in [1.807, 2.05) is 44.2 Å². The fourth-order valence-corrected chi connectivity index (χ4v) is 4.06. The van der Waals surface area contributed by atoms with Crippen molar-refractivity contribution in [2.45, 2.75) is 33.5 Å². The van der Waals surface area contributed by atoms with Crippen LogP contribution in [0.4, 0.5) is 4.39 Å². The summed E-state index contributed by atoms with van der Waals surface area (Å²) >= 11 is 6.23. The lowest BCUT2D eigenvalue weighted by Gasteiger charge is -2.11. The maximum absolute atomic E-state index is 13.5. The Morgan fingerprint density at radius 3 is 2.61 bits per heavy atom. The maximum atomic E-state index is 13.5. The summed E-state index contributed by atoms with van der Waals surface area (Å²) in [7, 11) is 0. The highest BCUT2D eigenvalue weighted by atomic mass is 35.5. The summed E-state index contributed by atoms with van der Waals surface area (Å²) in [6.07, 6.45) is 0. The van der Waals surface area contributed by atoms with Gasteiger partial charge in [0, 0.05) is 34.6 Å². The standard InChI is InChI=1S/C24H22ClFN2O3/c1-14-3-8-19-20(12-27-11-18-7-4-15(2)31-18)23(24(29)30)28(22(19)9-14)13-16-5-6-17(26)10-21(16)25/h3-10,27H,11-13H2,1-2H3,(H,29,30). The van der Waals surface area contributed by atoms with Gasteiger partial charge in [-0.1, -0.05) is 29.8 Å². The first-order valence-electron chi connectivity index (χ1n) is 9.88. The van der Waals surface area contributed by atoms with Gasteiger partial charge in [0.2, 0.25) is 0 Å². The molecule has 2 N–H and O–H groups in total. The molecule has 0 amide bonds. The van der Waals surface area contributed by atoms with E-state index >= 15 is 0 Å². The Hall–Kier alpha value is -3.09.